The zero-order chi connectivity index (χ0) is 47.9. The van der Waals surface area contributed by atoms with Gasteiger partial charge < -0.3 is 81.7 Å². The summed E-state index contributed by atoms with van der Waals surface area (Å²) >= 11 is 0. The first-order chi connectivity index (χ1) is 24.8. The van der Waals surface area contributed by atoms with Crippen molar-refractivity contribution >= 4 is 0 Å². The molecule has 0 atom stereocenters. The molecule has 404 valence electrons. The first kappa shape index (κ1) is 172. The fourth-order valence-corrected chi connectivity index (χ4v) is 0.577. The second kappa shape index (κ2) is 258. The minimum absolute atomic E-state index is 0. The number of rotatable bonds is 4. The van der Waals surface area contributed by atoms with Crippen LogP contribution in [0.2, 0.25) is 0 Å². The van der Waals surface area contributed by atoms with Crippen molar-refractivity contribution in [3.8, 4) is 0 Å². The number of allylic oxidation sites excluding steroid dienone is 4. The van der Waals surface area contributed by atoms with E-state index in [-0.39, 0.29) is 233 Å². The van der Waals surface area contributed by atoms with Gasteiger partial charge in [-0.05, 0) is 0 Å². The summed E-state index contributed by atoms with van der Waals surface area (Å²) in [6.45, 7) is 86.1. The molecule has 0 spiro atoms. The van der Waals surface area contributed by atoms with Crippen molar-refractivity contribution in [2.75, 3.05) is 0 Å². The fraction of sp³-hybridized carbons (Fsp3) is 0.729. The van der Waals surface area contributed by atoms with Crippen LogP contribution in [-0.2, 0) is 196 Å². The van der Waals surface area contributed by atoms with Gasteiger partial charge in [-0.15, -0.1) is 0 Å². The summed E-state index contributed by atoms with van der Waals surface area (Å²) < 4.78 is 0. The van der Waals surface area contributed by atoms with Crippen LogP contribution < -0.4 is 0 Å². The molecule has 0 rings (SSSR count). The van der Waals surface area contributed by atoms with E-state index < -0.39 is 0 Å². The molecule has 6 radical (unpaired) electrons. The summed E-state index contributed by atoms with van der Waals surface area (Å²) in [6.07, 6.45) is 20.2. The van der Waals surface area contributed by atoms with Crippen molar-refractivity contribution < 1.29 is 196 Å². The molecule has 0 aromatic heterocycles. The molecule has 0 bridgehead atoms. The summed E-state index contributed by atoms with van der Waals surface area (Å²) in [5, 5.41) is 0. The summed E-state index contributed by atoms with van der Waals surface area (Å²) in [4.78, 5) is 0. The quantitative estimate of drug-likeness (QED) is 0.246. The van der Waals surface area contributed by atoms with Crippen molar-refractivity contribution in [1.82, 2.24) is 0 Å². The van der Waals surface area contributed by atoms with Gasteiger partial charge >= 0.3 is 0 Å². The third kappa shape index (κ3) is 2370. The van der Waals surface area contributed by atoms with Crippen LogP contribution in [0.5, 0.6) is 0 Å². The largest absolute Gasteiger partial charge is 0.507 e. The van der Waals surface area contributed by atoms with E-state index in [1.54, 1.807) is 13.8 Å². The van der Waals surface area contributed by atoms with Gasteiger partial charge in [0.05, 0.1) is 0 Å². The third-order valence-electron chi connectivity index (χ3n) is 1.11. The van der Waals surface area contributed by atoms with Gasteiger partial charge in [0.1, 0.15) is 0 Å². The van der Waals surface area contributed by atoms with Crippen LogP contribution in [0.4, 0.5) is 0 Å². The maximum atomic E-state index is 3.64. The summed E-state index contributed by atoms with van der Waals surface area (Å²) in [5.74, 6) is 3.78. The third-order valence-corrected chi connectivity index (χ3v) is 1.11. The molecule has 6 heteroatoms. The topological polar surface area (TPSA) is 0 Å². The zero-order valence-corrected chi connectivity index (χ0v) is 69.3. The van der Waals surface area contributed by atoms with Gasteiger partial charge in [0.25, 0.3) is 0 Å². The Bertz CT molecular complexity index is 337. The van der Waals surface area contributed by atoms with Crippen LogP contribution in [0, 0.1) is 117 Å². The molecule has 0 unspecified atom stereocenters. The Kier molecular flexibility index (Phi) is 684. The molecule has 0 aromatic carbocycles. The standard InChI is InChI=1S/2C6H11.4C4H9.6C3H8.2C3H5.C2H6.CH4.4CH3.6Y/c2*1-4-5-6(2)3;4*1-4(2)3;8*1-3-2;1-2;;;;;;;;;;;/h2*6H,1,5H2,2-3H3;4*4H,1H2,2-3H3;6*3H2,1-2H3;2*1H2,2H3;1-2H3;1H4;4*1H3;;;;;;/q6*-1;;;;;;;2*-1;;;4*-1;;;;;;. The predicted molar refractivity (Wildman–Crippen MR) is 306 cm³/mol. The second-order valence-corrected chi connectivity index (χ2v) is 14.2. The molecule has 0 saturated carbocycles. The smallest absolute Gasteiger partial charge is 0 e. The van der Waals surface area contributed by atoms with Crippen molar-refractivity contribution in [3.63, 3.8) is 0 Å². The molecule has 65 heavy (non-hydrogen) atoms. The van der Waals surface area contributed by atoms with Gasteiger partial charge in [-0.1, -0.05) is 238 Å². The van der Waals surface area contributed by atoms with E-state index in [0.29, 0.717) is 23.7 Å². The molecule has 0 aliphatic heterocycles. The van der Waals surface area contributed by atoms with E-state index in [0.717, 1.165) is 24.7 Å². The zero-order valence-electron chi connectivity index (χ0n) is 52.2. The minimum atomic E-state index is 0. The van der Waals surface area contributed by atoms with E-state index in [2.05, 4.69) is 244 Å². The Hall–Kier alpha value is 5.58. The Labute approximate surface area is 583 Å². The van der Waals surface area contributed by atoms with Crippen LogP contribution in [0.1, 0.15) is 253 Å². The molecular weight excluding hydrogens is 1240 g/mol. The first-order valence-corrected chi connectivity index (χ1v) is 22.0. The van der Waals surface area contributed by atoms with E-state index in [9.17, 15) is 0 Å². The van der Waals surface area contributed by atoms with Crippen LogP contribution in [0.15, 0.2) is 26.3 Å². The Morgan fingerprint density at radius 1 is 0.323 bits per heavy atom. The first-order valence-electron chi connectivity index (χ1n) is 22.0. The maximum Gasteiger partial charge on any atom is 0 e. The normalized spacial score (nSPS) is 6.06. The van der Waals surface area contributed by atoms with Crippen molar-refractivity contribution in [2.45, 2.75) is 253 Å². The van der Waals surface area contributed by atoms with Gasteiger partial charge in [-0.25, -0.2) is 0 Å². The van der Waals surface area contributed by atoms with Gasteiger partial charge in [0.15, 0.2) is 0 Å². The van der Waals surface area contributed by atoms with Crippen LogP contribution >= 0.6 is 0 Å². The molecule has 0 aliphatic rings. The molecular formula is C59H138Y6-12. The average molecular weight is 1380 g/mol. The molecule has 0 nitrogen and oxygen atoms in total. The van der Waals surface area contributed by atoms with E-state index in [4.69, 9.17) is 0 Å². The molecule has 0 amide bonds. The monoisotopic (exact) mass is 1380 g/mol. The SMILES string of the molecule is C.C=[C-]C.C=[C-]C.C=[C-]CC(C)C.C=[C-]CC(C)C.CC.CCC.CCC.CCC.CCC.CCC.CCC.[CH2-]C(C)C.[CH2-]C(C)C.[CH2-]C(C)C.[CH2-]C(C)C.[CH3-].[CH3-].[CH3-].[CH3-].[Y].[Y].[Y].[Y].[Y].[Y]. The molecule has 0 aliphatic carbocycles. The fourth-order valence-electron chi connectivity index (χ4n) is 0.577. The summed E-state index contributed by atoms with van der Waals surface area (Å²) in [5.41, 5.74) is 0. The van der Waals surface area contributed by atoms with Crippen LogP contribution in [-0.4, -0.2) is 0 Å². The van der Waals surface area contributed by atoms with Crippen molar-refractivity contribution in [3.05, 3.63) is 108 Å². The number of hydrogen-bond donors (Lipinski definition) is 0. The molecule has 0 saturated heterocycles. The maximum absolute atomic E-state index is 3.64. The molecule has 0 heterocycles. The van der Waals surface area contributed by atoms with E-state index in [1.807, 2.05) is 13.8 Å². The number of hydrogen-bond acceptors (Lipinski definition) is 0. The minimum Gasteiger partial charge on any atom is -0.507 e. The van der Waals surface area contributed by atoms with Crippen molar-refractivity contribution in [1.29, 1.82) is 0 Å². The van der Waals surface area contributed by atoms with Gasteiger partial charge in [0, 0.05) is 196 Å². The molecule has 0 N–H and O–H groups in total. The van der Waals surface area contributed by atoms with Gasteiger partial charge in [-0.3, -0.25) is 26.3 Å². The Balaban J connectivity index is -0.0000000104. The van der Waals surface area contributed by atoms with Gasteiger partial charge in [0.2, 0.25) is 0 Å². The average Bonchev–Trinajstić information content (AvgIpc) is 2.97. The van der Waals surface area contributed by atoms with Crippen molar-refractivity contribution in [2.24, 2.45) is 35.5 Å². The summed E-state index contributed by atoms with van der Waals surface area (Å²) in [7, 11) is 0. The van der Waals surface area contributed by atoms with Crippen LogP contribution in [0.3, 0.4) is 0 Å². The Morgan fingerprint density at radius 2 is 0.369 bits per heavy atom. The predicted octanol–water partition coefficient (Wildman–Crippen LogP) is 23.9. The van der Waals surface area contributed by atoms with Crippen LogP contribution in [0.25, 0.3) is 0 Å². The van der Waals surface area contributed by atoms with E-state index in [1.165, 1.54) is 38.5 Å². The second-order valence-electron chi connectivity index (χ2n) is 14.2. The van der Waals surface area contributed by atoms with E-state index >= 15 is 0 Å². The molecule has 0 aromatic rings. The Morgan fingerprint density at radius 3 is 0.369 bits per heavy atom. The van der Waals surface area contributed by atoms with Gasteiger partial charge in [-0.2, -0.15) is 50.4 Å². The molecule has 0 fully saturated rings. The summed E-state index contributed by atoms with van der Waals surface area (Å²) in [6, 6.07) is 0.